The van der Waals surface area contributed by atoms with Crippen molar-refractivity contribution in [3.8, 4) is 0 Å². The second-order valence-electron chi connectivity index (χ2n) is 5.04. The van der Waals surface area contributed by atoms with Gasteiger partial charge in [-0.15, -0.1) is 0 Å². The Hall–Kier alpha value is -3.25. The van der Waals surface area contributed by atoms with Crippen LogP contribution < -0.4 is 0 Å². The van der Waals surface area contributed by atoms with Crippen LogP contribution in [0.1, 0.15) is 22.8 Å². The lowest BCUT2D eigenvalue weighted by atomic mass is 10.1. The Morgan fingerprint density at radius 3 is 2.55 bits per heavy atom. The van der Waals surface area contributed by atoms with E-state index < -0.39 is 0 Å². The number of hydrogen-bond acceptors (Lipinski definition) is 3. The average molecular weight is 288 g/mol. The van der Waals surface area contributed by atoms with Crippen LogP contribution in [0, 0.1) is 33.9 Å². The Morgan fingerprint density at radius 1 is 1.14 bits per heavy atom. The summed E-state index contributed by atoms with van der Waals surface area (Å²) in [6.45, 7) is 20.4. The van der Waals surface area contributed by atoms with Gasteiger partial charge in [-0.25, -0.2) is 4.85 Å². The normalized spacial score (nSPS) is 14.9. The van der Waals surface area contributed by atoms with E-state index in [0.717, 1.165) is 16.8 Å². The largest absolute Gasteiger partial charge is 0.372 e. The van der Waals surface area contributed by atoms with Gasteiger partial charge in [0, 0.05) is 0 Å². The van der Waals surface area contributed by atoms with Crippen molar-refractivity contribution in [1.29, 1.82) is 0 Å². The first-order valence-corrected chi connectivity index (χ1v) is 6.65. The van der Waals surface area contributed by atoms with Crippen LogP contribution in [0.3, 0.4) is 0 Å². The molecule has 1 aromatic carbocycles. The van der Waals surface area contributed by atoms with Gasteiger partial charge in [-0.1, -0.05) is 29.4 Å². The fourth-order valence-corrected chi connectivity index (χ4v) is 2.39. The van der Waals surface area contributed by atoms with Crippen LogP contribution in [0.25, 0.3) is 15.5 Å². The quantitative estimate of drug-likeness (QED) is 0.756. The molecule has 2 heterocycles. The Morgan fingerprint density at radius 2 is 1.91 bits per heavy atom. The molecular formula is C16H12N6. The summed E-state index contributed by atoms with van der Waals surface area (Å²) in [6.07, 6.45) is 0. The van der Waals surface area contributed by atoms with Gasteiger partial charge in [0.1, 0.15) is 5.71 Å². The second-order valence-corrected chi connectivity index (χ2v) is 5.04. The van der Waals surface area contributed by atoms with Crippen molar-refractivity contribution in [3.05, 3.63) is 69.5 Å². The molecular weight excluding hydrogens is 276 g/mol. The average Bonchev–Trinajstić information content (AvgIpc) is 2.97. The number of aliphatic imine (C=N–C) groups is 1. The van der Waals surface area contributed by atoms with Gasteiger partial charge in [-0.2, -0.15) is 9.67 Å². The number of hydrogen-bond donors (Lipinski definition) is 0. The number of benzene rings is 1. The van der Waals surface area contributed by atoms with E-state index in [1.807, 2.05) is 32.0 Å². The minimum absolute atomic E-state index is 0.161. The molecule has 1 aromatic heterocycles. The van der Waals surface area contributed by atoms with Crippen molar-refractivity contribution >= 4 is 17.2 Å². The molecule has 0 unspecified atom stereocenters. The second kappa shape index (κ2) is 4.94. The smallest absolute Gasteiger partial charge is 0.264 e. The summed E-state index contributed by atoms with van der Waals surface area (Å²) in [7, 11) is 0. The Labute approximate surface area is 128 Å². The number of aromatic nitrogens is 3. The number of rotatable bonds is 1. The molecule has 0 spiro atoms. The Kier molecular flexibility index (Phi) is 3.08. The lowest BCUT2D eigenvalue weighted by Crippen LogP contribution is -2.02. The van der Waals surface area contributed by atoms with Crippen molar-refractivity contribution in [2.75, 3.05) is 0 Å². The highest BCUT2D eigenvalue weighted by molar-refractivity contribution is 6.19. The summed E-state index contributed by atoms with van der Waals surface area (Å²) in [5.74, 6) is 1.16. The fraction of sp³-hybridized carbons (Fsp3) is 0.188. The lowest BCUT2D eigenvalue weighted by molar-refractivity contribution is 0.890. The van der Waals surface area contributed by atoms with Gasteiger partial charge < -0.3 is 4.85 Å². The first-order valence-electron chi connectivity index (χ1n) is 6.65. The maximum atomic E-state index is 7.36. The number of nitrogens with zero attached hydrogens (tertiary/aromatic N) is 6. The van der Waals surface area contributed by atoms with Crippen LogP contribution in [0.15, 0.2) is 28.9 Å². The van der Waals surface area contributed by atoms with Gasteiger partial charge in [0.25, 0.3) is 5.82 Å². The standard InChI is InChI=1S/C16H12N6/c1-9-6-7-12(10(2)8-9)20-14-13(17-4)15(18-5)22-16(14)19-11(3)21-22/h6-8H,1-3H3. The molecule has 3 rings (SSSR count). The summed E-state index contributed by atoms with van der Waals surface area (Å²) in [6, 6.07) is 5.90. The lowest BCUT2D eigenvalue weighted by Gasteiger charge is -2.03. The van der Waals surface area contributed by atoms with E-state index in [4.69, 9.17) is 13.1 Å². The summed E-state index contributed by atoms with van der Waals surface area (Å²) < 4.78 is 1.40. The predicted molar refractivity (Wildman–Crippen MR) is 83.3 cm³/mol. The summed E-state index contributed by atoms with van der Waals surface area (Å²) in [4.78, 5) is 15.8. The third kappa shape index (κ3) is 1.99. The molecule has 22 heavy (non-hydrogen) atoms. The molecule has 6 heteroatoms. The van der Waals surface area contributed by atoms with E-state index in [-0.39, 0.29) is 11.5 Å². The summed E-state index contributed by atoms with van der Waals surface area (Å²) in [5.41, 5.74) is 3.53. The van der Waals surface area contributed by atoms with Crippen molar-refractivity contribution in [2.45, 2.75) is 20.8 Å². The summed E-state index contributed by atoms with van der Waals surface area (Å²) >= 11 is 0. The summed E-state index contributed by atoms with van der Waals surface area (Å²) in [5, 5.41) is 4.18. The van der Waals surface area contributed by atoms with E-state index in [9.17, 15) is 0 Å². The molecule has 6 nitrogen and oxygen atoms in total. The maximum Gasteiger partial charge on any atom is 0.264 e. The van der Waals surface area contributed by atoms with Crippen molar-refractivity contribution in [2.24, 2.45) is 4.99 Å². The molecule has 1 aliphatic rings. The van der Waals surface area contributed by atoms with Gasteiger partial charge in [-0.3, -0.25) is 4.99 Å². The zero-order chi connectivity index (χ0) is 15.9. The minimum atomic E-state index is 0.161. The highest BCUT2D eigenvalue weighted by Gasteiger charge is 2.34. The minimum Gasteiger partial charge on any atom is -0.372 e. The van der Waals surface area contributed by atoms with E-state index in [0.29, 0.717) is 17.4 Å². The Bertz CT molecular complexity index is 931. The van der Waals surface area contributed by atoms with Gasteiger partial charge in [0.2, 0.25) is 11.5 Å². The first-order chi connectivity index (χ1) is 10.5. The van der Waals surface area contributed by atoms with Crippen LogP contribution >= 0.6 is 0 Å². The van der Waals surface area contributed by atoms with Crippen LogP contribution in [-0.4, -0.2) is 20.5 Å². The third-order valence-electron chi connectivity index (χ3n) is 3.36. The van der Waals surface area contributed by atoms with Crippen molar-refractivity contribution in [1.82, 2.24) is 14.8 Å². The Balaban J connectivity index is 2.25. The van der Waals surface area contributed by atoms with Crippen LogP contribution in [0.2, 0.25) is 0 Å². The molecule has 0 atom stereocenters. The zero-order valence-corrected chi connectivity index (χ0v) is 12.4. The van der Waals surface area contributed by atoms with Crippen molar-refractivity contribution < 1.29 is 0 Å². The highest BCUT2D eigenvalue weighted by Crippen LogP contribution is 2.30. The molecule has 0 radical (unpaired) electrons. The monoisotopic (exact) mass is 288 g/mol. The molecule has 0 amide bonds. The molecule has 2 aromatic rings. The van der Waals surface area contributed by atoms with E-state index in [2.05, 4.69) is 24.8 Å². The molecule has 0 bridgehead atoms. The number of aryl methyl sites for hydroxylation is 3. The van der Waals surface area contributed by atoms with Gasteiger partial charge in [0.15, 0.2) is 5.82 Å². The molecule has 0 aliphatic carbocycles. The van der Waals surface area contributed by atoms with E-state index >= 15 is 0 Å². The predicted octanol–water partition coefficient (Wildman–Crippen LogP) is 3.30. The SMILES string of the molecule is [C-]#[N+]C1=C([N+]#[C-])n2nc(C)nc2C1=Nc1ccc(C)cc1C. The van der Waals surface area contributed by atoms with Gasteiger partial charge >= 0.3 is 0 Å². The zero-order valence-electron chi connectivity index (χ0n) is 12.4. The fourth-order valence-electron chi connectivity index (χ4n) is 2.39. The number of allylic oxidation sites excluding steroid dienone is 1. The molecule has 0 fully saturated rings. The van der Waals surface area contributed by atoms with Gasteiger partial charge in [-0.05, 0) is 32.4 Å². The van der Waals surface area contributed by atoms with E-state index in [1.165, 1.54) is 4.68 Å². The van der Waals surface area contributed by atoms with Crippen molar-refractivity contribution in [3.63, 3.8) is 0 Å². The highest BCUT2D eigenvalue weighted by atomic mass is 15.4. The molecule has 0 saturated carbocycles. The molecule has 106 valence electrons. The van der Waals surface area contributed by atoms with Crippen LogP contribution in [0.5, 0.6) is 0 Å². The first kappa shape index (κ1) is 13.7. The number of fused-ring (bicyclic) bond motifs is 1. The van der Waals surface area contributed by atoms with Crippen LogP contribution in [-0.2, 0) is 0 Å². The molecule has 0 N–H and O–H groups in total. The topological polar surface area (TPSA) is 51.8 Å². The maximum absolute atomic E-state index is 7.36. The van der Waals surface area contributed by atoms with Gasteiger partial charge in [0.05, 0.1) is 12.3 Å². The molecule has 1 aliphatic heterocycles. The van der Waals surface area contributed by atoms with E-state index in [1.54, 1.807) is 6.92 Å². The third-order valence-corrected chi connectivity index (χ3v) is 3.36. The molecule has 0 saturated heterocycles. The van der Waals surface area contributed by atoms with Crippen LogP contribution in [0.4, 0.5) is 5.69 Å².